The number of aliphatic hydroxyl groups excluding tert-OH is 2. The van der Waals surface area contributed by atoms with Crippen LogP contribution in [0.3, 0.4) is 0 Å². The van der Waals surface area contributed by atoms with Gasteiger partial charge in [-0.3, -0.25) is 0 Å². The lowest BCUT2D eigenvalue weighted by molar-refractivity contribution is 0.559. The molecule has 0 aromatic rings. The van der Waals surface area contributed by atoms with E-state index in [-0.39, 0.29) is 7.43 Å². The van der Waals surface area contributed by atoms with Crippen LogP contribution in [0.1, 0.15) is 7.43 Å². The molecule has 7 heteroatoms. The lowest BCUT2D eigenvalue weighted by atomic mass is 11.4. The Bertz CT molecular complexity index is 79.3. The number of hydrogen-bond acceptors (Lipinski definition) is 3. The summed E-state index contributed by atoms with van der Waals surface area (Å²) in [6.07, 6.45) is 0. The molecule has 0 aliphatic heterocycles. The average molecular weight is 201 g/mol. The van der Waals surface area contributed by atoms with E-state index in [9.17, 15) is 0 Å². The first-order valence-electron chi connectivity index (χ1n) is 2.01. The van der Waals surface area contributed by atoms with Gasteiger partial charge in [0.05, 0.1) is 0 Å². The highest BCUT2D eigenvalue weighted by Gasteiger charge is 1.57. The molecule has 0 rings (SSSR count). The van der Waals surface area contributed by atoms with E-state index in [1.807, 2.05) is 0 Å². The Morgan fingerprint density at radius 3 is 1.00 bits per heavy atom. The van der Waals surface area contributed by atoms with E-state index < -0.39 is 10.3 Å². The van der Waals surface area contributed by atoms with Crippen molar-refractivity contribution in [3.8, 4) is 0 Å². The maximum absolute atomic E-state index is 7.56. The summed E-state index contributed by atoms with van der Waals surface area (Å²) in [5.41, 5.74) is 13.3. The minimum absolute atomic E-state index is 0. The van der Waals surface area contributed by atoms with Gasteiger partial charge in [0.25, 0.3) is 10.3 Å². The van der Waals surface area contributed by atoms with Gasteiger partial charge in [-0.2, -0.15) is 0 Å². The van der Waals surface area contributed by atoms with Gasteiger partial charge in [-0.25, -0.2) is 0 Å². The van der Waals surface area contributed by atoms with Crippen molar-refractivity contribution in [2.75, 3.05) is 7.05 Å². The molecule has 0 heterocycles. The van der Waals surface area contributed by atoms with Crippen molar-refractivity contribution in [3.05, 3.63) is 0 Å². The van der Waals surface area contributed by atoms with Gasteiger partial charge in [-0.15, -0.1) is 0 Å². The molecule has 0 aliphatic rings. The van der Waals surface area contributed by atoms with Gasteiger partial charge in [0, 0.05) is 0 Å². The molecule has 0 spiro atoms. The Morgan fingerprint density at radius 2 is 1.00 bits per heavy atom. The Kier molecular flexibility index (Phi) is 46.5. The van der Waals surface area contributed by atoms with Crippen LogP contribution in [0.2, 0.25) is 0 Å². The molecule has 70 valence electrons. The summed E-state index contributed by atoms with van der Waals surface area (Å²) >= 11 is 7.74. The molecular weight excluding hydrogens is 186 g/mol. The Morgan fingerprint density at radius 1 is 1.00 bits per heavy atom. The van der Waals surface area contributed by atoms with Gasteiger partial charge in [0.15, 0.2) is 0 Å². The fourth-order valence-corrected chi connectivity index (χ4v) is 0. The van der Waals surface area contributed by atoms with Crippen molar-refractivity contribution in [1.29, 1.82) is 0 Å². The predicted molar refractivity (Wildman–Crippen MR) is 55.7 cm³/mol. The molecule has 0 atom stereocenters. The number of thiocarbonyl (C=S) groups is 2. The second-order valence-electron chi connectivity index (χ2n) is 0.676. The lowest BCUT2D eigenvalue weighted by Crippen LogP contribution is -2.03. The third kappa shape index (κ3) is 1160. The van der Waals surface area contributed by atoms with Crippen LogP contribution < -0.4 is 17.2 Å². The fourth-order valence-electron chi connectivity index (χ4n) is 0. The zero-order valence-corrected chi connectivity index (χ0v) is 7.08. The molecular formula is C4H15N3O2S2. The Balaban J connectivity index is -0.0000000339. The number of rotatable bonds is 0. The molecule has 0 aromatic carbocycles. The van der Waals surface area contributed by atoms with E-state index in [2.05, 4.69) is 41.6 Å². The van der Waals surface area contributed by atoms with E-state index >= 15 is 0 Å². The van der Waals surface area contributed by atoms with Crippen molar-refractivity contribution in [2.45, 2.75) is 7.43 Å². The molecule has 0 saturated carbocycles. The number of hydrogen-bond donors (Lipinski definition) is 5. The first kappa shape index (κ1) is 22.4. The van der Waals surface area contributed by atoms with Crippen LogP contribution >= 0.6 is 24.4 Å². The highest BCUT2D eigenvalue weighted by Crippen LogP contribution is 1.40. The molecule has 8 N–H and O–H groups in total. The van der Waals surface area contributed by atoms with Crippen molar-refractivity contribution in [2.24, 2.45) is 17.2 Å². The maximum Gasteiger partial charge on any atom is 0.251 e. The van der Waals surface area contributed by atoms with Gasteiger partial charge < -0.3 is 27.4 Å². The third-order valence-corrected chi connectivity index (χ3v) is 0. The normalized spacial score (nSPS) is 4.91. The highest BCUT2D eigenvalue weighted by atomic mass is 32.1. The van der Waals surface area contributed by atoms with E-state index in [4.69, 9.17) is 10.2 Å². The molecule has 0 amide bonds. The highest BCUT2D eigenvalue weighted by molar-refractivity contribution is 7.80. The van der Waals surface area contributed by atoms with Gasteiger partial charge >= 0.3 is 0 Å². The monoisotopic (exact) mass is 201 g/mol. The zero-order valence-electron chi connectivity index (χ0n) is 5.44. The maximum atomic E-state index is 7.56. The van der Waals surface area contributed by atoms with E-state index in [0.717, 1.165) is 0 Å². The second kappa shape index (κ2) is 22.8. The lowest BCUT2D eigenvalue weighted by Gasteiger charge is -1.67. The Hall–Kier alpha value is -0.660. The van der Waals surface area contributed by atoms with Crippen molar-refractivity contribution in [1.82, 2.24) is 0 Å². The summed E-state index contributed by atoms with van der Waals surface area (Å²) in [5, 5.41) is 14.1. The molecule has 5 nitrogen and oxygen atoms in total. The molecule has 0 fully saturated rings. The van der Waals surface area contributed by atoms with Crippen molar-refractivity contribution >= 4 is 34.8 Å². The molecule has 11 heavy (non-hydrogen) atoms. The van der Waals surface area contributed by atoms with Crippen LogP contribution in [0.4, 0.5) is 0 Å². The minimum Gasteiger partial charge on any atom is -0.487 e. The van der Waals surface area contributed by atoms with Crippen molar-refractivity contribution < 1.29 is 10.2 Å². The molecule has 0 aliphatic carbocycles. The molecule has 0 bridgehead atoms. The summed E-state index contributed by atoms with van der Waals surface area (Å²) in [4.78, 5) is 0. The van der Waals surface area contributed by atoms with Gasteiger partial charge in [0.2, 0.25) is 0 Å². The van der Waals surface area contributed by atoms with E-state index in [0.29, 0.717) is 0 Å². The van der Waals surface area contributed by atoms with Crippen LogP contribution in [0, 0.1) is 0 Å². The smallest absolute Gasteiger partial charge is 0.251 e. The third-order valence-electron chi connectivity index (χ3n) is 0. The average Bonchev–Trinajstić information content (AvgIpc) is 1.66. The second-order valence-corrected chi connectivity index (χ2v) is 1.51. The predicted octanol–water partition coefficient (Wildman–Crippen LogP) is -0.213. The quantitative estimate of drug-likeness (QED) is 0.344. The van der Waals surface area contributed by atoms with Crippen molar-refractivity contribution in [3.63, 3.8) is 0 Å². The molecule has 0 unspecified atom stereocenters. The van der Waals surface area contributed by atoms with Crippen LogP contribution in [0.15, 0.2) is 0 Å². The summed E-state index contributed by atoms with van der Waals surface area (Å²) < 4.78 is 0. The van der Waals surface area contributed by atoms with Crippen LogP contribution in [-0.4, -0.2) is 27.6 Å². The first-order chi connectivity index (χ1) is 4.46. The van der Waals surface area contributed by atoms with Crippen LogP contribution in [0.5, 0.6) is 0 Å². The SMILES string of the molecule is C.CN.NC(O)=S.NC(O)=S. The summed E-state index contributed by atoms with van der Waals surface area (Å²) in [6.45, 7) is 0. The molecule has 0 aromatic heterocycles. The van der Waals surface area contributed by atoms with E-state index in [1.165, 1.54) is 7.05 Å². The van der Waals surface area contributed by atoms with E-state index in [1.54, 1.807) is 0 Å². The topological polar surface area (TPSA) is 119 Å². The minimum atomic E-state index is -0.500. The molecule has 0 saturated heterocycles. The van der Waals surface area contributed by atoms with Gasteiger partial charge in [-0.05, 0) is 31.5 Å². The largest absolute Gasteiger partial charge is 0.487 e. The summed E-state index contributed by atoms with van der Waals surface area (Å²) in [7, 11) is 1.50. The van der Waals surface area contributed by atoms with Gasteiger partial charge in [0.1, 0.15) is 0 Å². The molecule has 0 radical (unpaired) electrons. The first-order valence-corrected chi connectivity index (χ1v) is 2.83. The zero-order chi connectivity index (χ0) is 9.15. The number of aliphatic hydroxyl groups is 2. The summed E-state index contributed by atoms with van der Waals surface area (Å²) in [6, 6.07) is 0. The Labute approximate surface area is 77.2 Å². The number of nitrogens with two attached hydrogens (primary N) is 3. The fraction of sp³-hybridized carbons (Fsp3) is 0.500. The van der Waals surface area contributed by atoms with Crippen LogP contribution in [0.25, 0.3) is 0 Å². The summed E-state index contributed by atoms with van der Waals surface area (Å²) in [5.74, 6) is 0. The standard InChI is InChI=1S/2CH3NOS.CH5N.CH4/c2*2-1(3)4;1-2;/h2*(H3,2,3,4);2H2,1H3;1H4. The van der Waals surface area contributed by atoms with Crippen LogP contribution in [-0.2, 0) is 0 Å². The van der Waals surface area contributed by atoms with Gasteiger partial charge in [-0.1, -0.05) is 7.43 Å².